The Kier molecular flexibility index (Phi) is 6.91. The molecule has 2 N–H and O–H groups in total. The largest absolute Gasteiger partial charge is 0.389 e. The van der Waals surface area contributed by atoms with E-state index in [4.69, 9.17) is 27.4 Å². The molecule has 0 aliphatic carbocycles. The molecule has 1 aromatic rings. The van der Waals surface area contributed by atoms with Gasteiger partial charge in [0, 0.05) is 17.7 Å². The fourth-order valence-electron chi connectivity index (χ4n) is 1.46. The van der Waals surface area contributed by atoms with Crippen LogP contribution in [0.3, 0.4) is 0 Å². The number of hydrogen-bond donors (Lipinski definition) is 1. The minimum atomic E-state index is -0.317. The quantitative estimate of drug-likeness (QED) is 0.589. The van der Waals surface area contributed by atoms with Crippen molar-refractivity contribution >= 4 is 17.2 Å². The molecule has 0 unspecified atom stereocenters. The summed E-state index contributed by atoms with van der Waals surface area (Å²) < 4.78 is 24.3. The van der Waals surface area contributed by atoms with Gasteiger partial charge in [0.15, 0.2) is 0 Å². The van der Waals surface area contributed by atoms with Crippen LogP contribution in [0.15, 0.2) is 18.2 Å². The third-order valence-corrected chi connectivity index (χ3v) is 2.65. The Hall–Kier alpha value is -1.04. The van der Waals surface area contributed by atoms with Crippen LogP contribution in [0, 0.1) is 11.7 Å². The maximum absolute atomic E-state index is 13.5. The number of ether oxygens (including phenoxy) is 2. The first-order valence-electron chi connectivity index (χ1n) is 6.24. The molecule has 0 aliphatic rings. The van der Waals surface area contributed by atoms with Crippen LogP contribution in [0.25, 0.3) is 0 Å². The summed E-state index contributed by atoms with van der Waals surface area (Å²) >= 11 is 4.85. The molecule has 1 aromatic carbocycles. The first kappa shape index (κ1) is 16.0. The molecule has 1 rings (SSSR count). The van der Waals surface area contributed by atoms with E-state index < -0.39 is 0 Å². The zero-order valence-electron chi connectivity index (χ0n) is 11.3. The highest BCUT2D eigenvalue weighted by Gasteiger charge is 2.05. The highest BCUT2D eigenvalue weighted by molar-refractivity contribution is 7.80. The van der Waals surface area contributed by atoms with Gasteiger partial charge in [0.25, 0.3) is 0 Å². The van der Waals surface area contributed by atoms with Crippen molar-refractivity contribution in [3.63, 3.8) is 0 Å². The van der Waals surface area contributed by atoms with E-state index in [1.165, 1.54) is 6.07 Å². The summed E-state index contributed by atoms with van der Waals surface area (Å²) in [7, 11) is 0. The SMILES string of the molecule is CC(C)COCCOCc1cc(C(N)=S)ccc1F. The van der Waals surface area contributed by atoms with Crippen molar-refractivity contribution < 1.29 is 13.9 Å². The van der Waals surface area contributed by atoms with Crippen molar-refractivity contribution in [2.45, 2.75) is 20.5 Å². The molecule has 3 nitrogen and oxygen atoms in total. The number of benzene rings is 1. The molecule has 0 aliphatic heterocycles. The zero-order chi connectivity index (χ0) is 14.3. The lowest BCUT2D eigenvalue weighted by molar-refractivity contribution is 0.0307. The molecule has 106 valence electrons. The highest BCUT2D eigenvalue weighted by atomic mass is 32.1. The molecule has 0 amide bonds. The summed E-state index contributed by atoms with van der Waals surface area (Å²) in [5.41, 5.74) is 6.60. The number of hydrogen-bond acceptors (Lipinski definition) is 3. The van der Waals surface area contributed by atoms with Gasteiger partial charge in [-0.1, -0.05) is 26.1 Å². The standard InChI is InChI=1S/C14H20FNO2S/c1-10(2)8-17-5-6-18-9-12-7-11(14(16)19)3-4-13(12)15/h3-4,7,10H,5-6,8-9H2,1-2H3,(H2,16,19). The van der Waals surface area contributed by atoms with Crippen molar-refractivity contribution in [2.75, 3.05) is 19.8 Å². The van der Waals surface area contributed by atoms with Gasteiger partial charge in [-0.15, -0.1) is 0 Å². The molecule has 19 heavy (non-hydrogen) atoms. The predicted molar refractivity (Wildman–Crippen MR) is 77.6 cm³/mol. The summed E-state index contributed by atoms with van der Waals surface area (Å²) in [5, 5.41) is 0. The Morgan fingerprint density at radius 2 is 2.00 bits per heavy atom. The fourth-order valence-corrected chi connectivity index (χ4v) is 1.58. The zero-order valence-corrected chi connectivity index (χ0v) is 12.1. The van der Waals surface area contributed by atoms with Crippen LogP contribution >= 0.6 is 12.2 Å². The molecule has 0 spiro atoms. The number of halogens is 1. The normalized spacial score (nSPS) is 10.9. The molecular weight excluding hydrogens is 265 g/mol. The van der Waals surface area contributed by atoms with Crippen LogP contribution in [0.4, 0.5) is 4.39 Å². The number of rotatable bonds is 8. The Balaban J connectivity index is 2.36. The van der Waals surface area contributed by atoms with Crippen LogP contribution in [0.2, 0.25) is 0 Å². The third-order valence-electron chi connectivity index (χ3n) is 2.41. The first-order valence-corrected chi connectivity index (χ1v) is 6.65. The number of thiocarbonyl (C=S) groups is 1. The summed E-state index contributed by atoms with van der Waals surface area (Å²) in [5.74, 6) is 0.183. The molecule has 0 saturated carbocycles. The van der Waals surface area contributed by atoms with Gasteiger partial charge >= 0.3 is 0 Å². The lowest BCUT2D eigenvalue weighted by Gasteiger charge is -2.09. The van der Waals surface area contributed by atoms with E-state index >= 15 is 0 Å². The number of nitrogens with two attached hydrogens (primary N) is 1. The van der Waals surface area contributed by atoms with Gasteiger partial charge in [-0.3, -0.25) is 0 Å². The topological polar surface area (TPSA) is 44.5 Å². The van der Waals surface area contributed by atoms with Gasteiger partial charge < -0.3 is 15.2 Å². The van der Waals surface area contributed by atoms with Crippen LogP contribution in [-0.4, -0.2) is 24.8 Å². The van der Waals surface area contributed by atoms with Crippen molar-refractivity contribution in [3.8, 4) is 0 Å². The van der Waals surface area contributed by atoms with Gasteiger partial charge in [0.1, 0.15) is 10.8 Å². The Morgan fingerprint density at radius 1 is 1.32 bits per heavy atom. The second kappa shape index (κ2) is 8.19. The predicted octanol–water partition coefficient (Wildman–Crippen LogP) is 2.65. The van der Waals surface area contributed by atoms with Crippen molar-refractivity contribution in [1.29, 1.82) is 0 Å². The highest BCUT2D eigenvalue weighted by Crippen LogP contribution is 2.12. The Morgan fingerprint density at radius 3 is 2.63 bits per heavy atom. The monoisotopic (exact) mass is 285 g/mol. The van der Waals surface area contributed by atoms with Gasteiger partial charge in [0.05, 0.1) is 19.8 Å². The van der Waals surface area contributed by atoms with E-state index in [1.54, 1.807) is 12.1 Å². The van der Waals surface area contributed by atoms with Crippen LogP contribution in [-0.2, 0) is 16.1 Å². The molecular formula is C14H20FNO2S. The van der Waals surface area contributed by atoms with Crippen LogP contribution in [0.1, 0.15) is 25.0 Å². The molecule has 5 heteroatoms. The summed E-state index contributed by atoms with van der Waals surface area (Å²) in [6, 6.07) is 4.53. The molecule has 0 aromatic heterocycles. The minimum absolute atomic E-state index is 0.188. The van der Waals surface area contributed by atoms with Crippen LogP contribution < -0.4 is 5.73 Å². The maximum Gasteiger partial charge on any atom is 0.128 e. The smallest absolute Gasteiger partial charge is 0.128 e. The van der Waals surface area contributed by atoms with E-state index in [9.17, 15) is 4.39 Å². The van der Waals surface area contributed by atoms with Gasteiger partial charge in [0.2, 0.25) is 0 Å². The van der Waals surface area contributed by atoms with Gasteiger partial charge in [-0.2, -0.15) is 0 Å². The van der Waals surface area contributed by atoms with Crippen molar-refractivity contribution in [2.24, 2.45) is 11.7 Å². The fraction of sp³-hybridized carbons (Fsp3) is 0.500. The second-order valence-corrected chi connectivity index (χ2v) is 5.13. The van der Waals surface area contributed by atoms with Gasteiger partial charge in [-0.25, -0.2) is 4.39 Å². The van der Waals surface area contributed by atoms with Crippen molar-refractivity contribution in [1.82, 2.24) is 0 Å². The lowest BCUT2D eigenvalue weighted by atomic mass is 10.1. The Labute approximate surface area is 118 Å². The van der Waals surface area contributed by atoms with Gasteiger partial charge in [-0.05, 0) is 24.1 Å². The maximum atomic E-state index is 13.5. The molecule has 0 bridgehead atoms. The van der Waals surface area contributed by atoms with E-state index in [0.717, 1.165) is 0 Å². The third kappa shape index (κ3) is 6.09. The van der Waals surface area contributed by atoms with E-state index in [0.29, 0.717) is 36.9 Å². The average Bonchev–Trinajstić information content (AvgIpc) is 2.34. The summed E-state index contributed by atoms with van der Waals surface area (Å²) in [6.07, 6.45) is 0. The summed E-state index contributed by atoms with van der Waals surface area (Å²) in [4.78, 5) is 0.251. The molecule has 0 radical (unpaired) electrons. The van der Waals surface area contributed by atoms with E-state index in [1.807, 2.05) is 0 Å². The van der Waals surface area contributed by atoms with Crippen molar-refractivity contribution in [3.05, 3.63) is 35.1 Å². The average molecular weight is 285 g/mol. The Bertz CT molecular complexity index is 424. The van der Waals surface area contributed by atoms with E-state index in [-0.39, 0.29) is 17.4 Å². The molecule has 0 fully saturated rings. The molecule has 0 heterocycles. The first-order chi connectivity index (χ1) is 9.00. The van der Waals surface area contributed by atoms with Crippen LogP contribution in [0.5, 0.6) is 0 Å². The van der Waals surface area contributed by atoms with E-state index in [2.05, 4.69) is 13.8 Å². The molecule has 0 atom stereocenters. The lowest BCUT2D eigenvalue weighted by Crippen LogP contribution is -2.11. The minimum Gasteiger partial charge on any atom is -0.389 e. The summed E-state index contributed by atoms with van der Waals surface area (Å²) in [6.45, 7) is 6.00. The molecule has 0 saturated heterocycles. The second-order valence-electron chi connectivity index (χ2n) is 4.69.